The van der Waals surface area contributed by atoms with Crippen molar-refractivity contribution in [1.82, 2.24) is 9.97 Å². The van der Waals surface area contributed by atoms with E-state index in [1.165, 1.54) is 19.3 Å². The van der Waals surface area contributed by atoms with Crippen LogP contribution >= 0.6 is 11.6 Å². The zero-order chi connectivity index (χ0) is 12.4. The molecule has 1 fully saturated rings. The average Bonchev–Trinajstić information content (AvgIpc) is 2.13. The SMILES string of the molecule is Cc1nc(Cl)cc(NC2CC(C)CC(C)C2)n1. The van der Waals surface area contributed by atoms with Gasteiger partial charge in [0, 0.05) is 12.1 Å². The zero-order valence-electron chi connectivity index (χ0n) is 10.7. The van der Waals surface area contributed by atoms with Crippen molar-refractivity contribution in [2.75, 3.05) is 5.32 Å². The van der Waals surface area contributed by atoms with Crippen LogP contribution in [0.15, 0.2) is 6.07 Å². The van der Waals surface area contributed by atoms with Gasteiger partial charge < -0.3 is 5.32 Å². The molecule has 2 atom stereocenters. The minimum atomic E-state index is 0.511. The molecule has 1 aliphatic rings. The summed E-state index contributed by atoms with van der Waals surface area (Å²) < 4.78 is 0. The van der Waals surface area contributed by atoms with Crippen LogP contribution < -0.4 is 5.32 Å². The Morgan fingerprint density at radius 1 is 1.18 bits per heavy atom. The topological polar surface area (TPSA) is 37.8 Å². The zero-order valence-corrected chi connectivity index (χ0v) is 11.5. The quantitative estimate of drug-likeness (QED) is 0.818. The van der Waals surface area contributed by atoms with Gasteiger partial charge in [0.1, 0.15) is 16.8 Å². The molecule has 4 heteroatoms. The molecule has 1 N–H and O–H groups in total. The smallest absolute Gasteiger partial charge is 0.134 e. The van der Waals surface area contributed by atoms with Gasteiger partial charge in [-0.05, 0) is 38.0 Å². The maximum atomic E-state index is 5.93. The first kappa shape index (κ1) is 12.6. The van der Waals surface area contributed by atoms with E-state index in [0.29, 0.717) is 11.2 Å². The van der Waals surface area contributed by atoms with Crippen molar-refractivity contribution in [2.45, 2.75) is 46.1 Å². The molecule has 94 valence electrons. The Balaban J connectivity index is 2.04. The minimum absolute atomic E-state index is 0.511. The molecule has 0 spiro atoms. The summed E-state index contributed by atoms with van der Waals surface area (Å²) in [5, 5.41) is 4.00. The van der Waals surface area contributed by atoms with Crippen molar-refractivity contribution in [3.05, 3.63) is 17.0 Å². The highest BCUT2D eigenvalue weighted by Gasteiger charge is 2.24. The second-order valence-electron chi connectivity index (χ2n) is 5.38. The third-order valence-corrected chi connectivity index (χ3v) is 3.53. The molecule has 17 heavy (non-hydrogen) atoms. The van der Waals surface area contributed by atoms with Crippen LogP contribution in [0.4, 0.5) is 5.82 Å². The largest absolute Gasteiger partial charge is 0.367 e. The van der Waals surface area contributed by atoms with Crippen molar-refractivity contribution >= 4 is 17.4 Å². The van der Waals surface area contributed by atoms with E-state index in [0.717, 1.165) is 23.5 Å². The van der Waals surface area contributed by atoms with Crippen molar-refractivity contribution in [3.8, 4) is 0 Å². The van der Waals surface area contributed by atoms with Crippen LogP contribution in [-0.2, 0) is 0 Å². The number of hydrogen-bond donors (Lipinski definition) is 1. The van der Waals surface area contributed by atoms with Crippen LogP contribution in [0.3, 0.4) is 0 Å². The summed E-state index contributed by atoms with van der Waals surface area (Å²) in [5.74, 6) is 3.15. The first-order chi connectivity index (χ1) is 8.02. The second-order valence-corrected chi connectivity index (χ2v) is 5.77. The Kier molecular flexibility index (Phi) is 3.87. The maximum absolute atomic E-state index is 5.93. The van der Waals surface area contributed by atoms with Crippen LogP contribution in [0.2, 0.25) is 5.15 Å². The molecule has 1 aromatic heterocycles. The van der Waals surface area contributed by atoms with Crippen molar-refractivity contribution in [2.24, 2.45) is 11.8 Å². The molecule has 2 rings (SSSR count). The van der Waals surface area contributed by atoms with E-state index in [4.69, 9.17) is 11.6 Å². The number of hydrogen-bond acceptors (Lipinski definition) is 3. The van der Waals surface area contributed by atoms with Gasteiger partial charge in [0.05, 0.1) is 0 Å². The molecule has 0 aromatic carbocycles. The van der Waals surface area contributed by atoms with Gasteiger partial charge in [-0.25, -0.2) is 9.97 Å². The van der Waals surface area contributed by atoms with E-state index < -0.39 is 0 Å². The molecule has 1 saturated carbocycles. The Morgan fingerprint density at radius 2 is 1.82 bits per heavy atom. The molecule has 0 bridgehead atoms. The lowest BCUT2D eigenvalue weighted by atomic mass is 9.80. The average molecular weight is 254 g/mol. The van der Waals surface area contributed by atoms with Gasteiger partial charge in [-0.1, -0.05) is 25.4 Å². The Bertz CT molecular complexity index is 364. The number of nitrogens with zero attached hydrogens (tertiary/aromatic N) is 2. The Hall–Kier alpha value is -0.830. The lowest BCUT2D eigenvalue weighted by Gasteiger charge is -2.32. The number of rotatable bonds is 2. The van der Waals surface area contributed by atoms with E-state index in [1.54, 1.807) is 6.07 Å². The highest BCUT2D eigenvalue weighted by atomic mass is 35.5. The summed E-state index contributed by atoms with van der Waals surface area (Å²) in [4.78, 5) is 8.44. The monoisotopic (exact) mass is 253 g/mol. The molecule has 0 amide bonds. The fourth-order valence-electron chi connectivity index (χ4n) is 2.88. The Labute approximate surface area is 108 Å². The predicted octanol–water partition coefficient (Wildman–Crippen LogP) is 3.68. The molecule has 1 heterocycles. The van der Waals surface area contributed by atoms with Gasteiger partial charge in [-0.2, -0.15) is 0 Å². The first-order valence-corrected chi connectivity index (χ1v) is 6.68. The summed E-state index contributed by atoms with van der Waals surface area (Å²) in [7, 11) is 0. The van der Waals surface area contributed by atoms with E-state index in [9.17, 15) is 0 Å². The van der Waals surface area contributed by atoms with Gasteiger partial charge in [-0.15, -0.1) is 0 Å². The summed E-state index contributed by atoms with van der Waals surface area (Å²) in [6.07, 6.45) is 3.76. The number of anilines is 1. The van der Waals surface area contributed by atoms with Crippen LogP contribution in [0.25, 0.3) is 0 Å². The number of aryl methyl sites for hydroxylation is 1. The minimum Gasteiger partial charge on any atom is -0.367 e. The van der Waals surface area contributed by atoms with Crippen molar-refractivity contribution in [3.63, 3.8) is 0 Å². The van der Waals surface area contributed by atoms with E-state index in [-0.39, 0.29) is 0 Å². The maximum Gasteiger partial charge on any atom is 0.134 e. The lowest BCUT2D eigenvalue weighted by molar-refractivity contribution is 0.280. The van der Waals surface area contributed by atoms with Gasteiger partial charge in [-0.3, -0.25) is 0 Å². The van der Waals surface area contributed by atoms with E-state index in [2.05, 4.69) is 29.1 Å². The van der Waals surface area contributed by atoms with Crippen molar-refractivity contribution in [1.29, 1.82) is 0 Å². The second kappa shape index (κ2) is 5.21. The molecule has 3 nitrogen and oxygen atoms in total. The molecule has 1 aromatic rings. The van der Waals surface area contributed by atoms with E-state index >= 15 is 0 Å². The molecule has 0 aliphatic heterocycles. The highest BCUT2D eigenvalue weighted by molar-refractivity contribution is 6.29. The van der Waals surface area contributed by atoms with Gasteiger partial charge in [0.2, 0.25) is 0 Å². The third kappa shape index (κ3) is 3.56. The predicted molar refractivity (Wildman–Crippen MR) is 71.4 cm³/mol. The molecular formula is C13H20ClN3. The van der Waals surface area contributed by atoms with Gasteiger partial charge in [0.25, 0.3) is 0 Å². The number of aromatic nitrogens is 2. The molecule has 0 saturated heterocycles. The summed E-state index contributed by atoms with van der Waals surface area (Å²) in [6.45, 7) is 6.51. The van der Waals surface area contributed by atoms with Crippen LogP contribution in [0, 0.1) is 18.8 Å². The summed E-state index contributed by atoms with van der Waals surface area (Å²) in [5.41, 5.74) is 0. The summed E-state index contributed by atoms with van der Waals surface area (Å²) >= 11 is 5.93. The van der Waals surface area contributed by atoms with Gasteiger partial charge in [0.15, 0.2) is 0 Å². The molecule has 2 unspecified atom stereocenters. The van der Waals surface area contributed by atoms with Crippen LogP contribution in [0.5, 0.6) is 0 Å². The highest BCUT2D eigenvalue weighted by Crippen LogP contribution is 2.30. The molecule has 1 aliphatic carbocycles. The standard InChI is InChI=1S/C13H20ClN3/c1-8-4-9(2)6-11(5-8)17-13-7-12(14)15-10(3)16-13/h7-9,11H,4-6H2,1-3H3,(H,15,16,17). The third-order valence-electron chi connectivity index (χ3n) is 3.34. The van der Waals surface area contributed by atoms with E-state index in [1.807, 2.05) is 6.92 Å². The number of halogens is 1. The molecular weight excluding hydrogens is 234 g/mol. The van der Waals surface area contributed by atoms with Crippen molar-refractivity contribution < 1.29 is 0 Å². The summed E-state index contributed by atoms with van der Waals surface area (Å²) in [6, 6.07) is 2.32. The van der Waals surface area contributed by atoms with Crippen LogP contribution in [0.1, 0.15) is 38.9 Å². The molecule has 0 radical (unpaired) electrons. The Morgan fingerprint density at radius 3 is 2.41 bits per heavy atom. The lowest BCUT2D eigenvalue weighted by Crippen LogP contribution is -2.30. The normalized spacial score (nSPS) is 29.1. The fraction of sp³-hybridized carbons (Fsp3) is 0.692. The number of nitrogens with one attached hydrogen (secondary N) is 1. The first-order valence-electron chi connectivity index (χ1n) is 6.30. The van der Waals surface area contributed by atoms with Gasteiger partial charge >= 0.3 is 0 Å². The van der Waals surface area contributed by atoms with Crippen LogP contribution in [-0.4, -0.2) is 16.0 Å². The fourth-order valence-corrected chi connectivity index (χ4v) is 3.10.